The number of guanidine groups is 1. The van der Waals surface area contributed by atoms with E-state index in [1.54, 1.807) is 0 Å². The molecule has 0 aliphatic carbocycles. The van der Waals surface area contributed by atoms with Crippen molar-refractivity contribution in [2.75, 3.05) is 6.54 Å². The highest BCUT2D eigenvalue weighted by Gasteiger charge is 2.18. The monoisotopic (exact) mass is 247 g/mol. The zero-order chi connectivity index (χ0) is 13.6. The molecule has 18 heavy (non-hydrogen) atoms. The normalized spacial score (nSPS) is 12.8. The lowest BCUT2D eigenvalue weighted by molar-refractivity contribution is 0.377. The average molecular weight is 247 g/mol. The largest absolute Gasteiger partial charge is 0.370 e. The van der Waals surface area contributed by atoms with Crippen molar-refractivity contribution in [1.82, 2.24) is 5.32 Å². The molecule has 0 aliphatic rings. The molecule has 1 aromatic rings. The number of hydrogen-bond acceptors (Lipinski definition) is 1. The van der Waals surface area contributed by atoms with Gasteiger partial charge in [0.15, 0.2) is 5.96 Å². The predicted octanol–water partition coefficient (Wildman–Crippen LogP) is 2.57. The first-order chi connectivity index (χ1) is 8.39. The number of nitrogens with one attached hydrogen (secondary N) is 1. The zero-order valence-corrected chi connectivity index (χ0v) is 11.9. The van der Waals surface area contributed by atoms with Crippen LogP contribution in [0.25, 0.3) is 0 Å². The lowest BCUT2D eigenvalue weighted by atomic mass is 9.86. The van der Waals surface area contributed by atoms with E-state index in [9.17, 15) is 0 Å². The highest BCUT2D eigenvalue weighted by Crippen LogP contribution is 2.21. The summed E-state index contributed by atoms with van der Waals surface area (Å²) in [5.74, 6) is 0.533. The highest BCUT2D eigenvalue weighted by molar-refractivity contribution is 5.78. The number of aliphatic imine (C=N–C) groups is 1. The predicted molar refractivity (Wildman–Crippen MR) is 78.7 cm³/mol. The molecule has 0 radical (unpaired) electrons. The second kappa shape index (κ2) is 6.43. The summed E-state index contributed by atoms with van der Waals surface area (Å²) in [6, 6.07) is 10.8. The van der Waals surface area contributed by atoms with Gasteiger partial charge in [0.2, 0.25) is 0 Å². The highest BCUT2D eigenvalue weighted by atomic mass is 15.1. The Morgan fingerprint density at radius 2 is 1.89 bits per heavy atom. The zero-order valence-electron chi connectivity index (χ0n) is 11.9. The van der Waals surface area contributed by atoms with E-state index >= 15 is 0 Å². The Bertz CT molecular complexity index is 380. The summed E-state index contributed by atoms with van der Waals surface area (Å²) in [5.41, 5.74) is 7.27. The Morgan fingerprint density at radius 1 is 1.28 bits per heavy atom. The van der Waals surface area contributed by atoms with Gasteiger partial charge in [-0.2, -0.15) is 0 Å². The third kappa shape index (κ3) is 5.71. The van der Waals surface area contributed by atoms with E-state index in [4.69, 9.17) is 5.73 Å². The van der Waals surface area contributed by atoms with Gasteiger partial charge in [0.1, 0.15) is 0 Å². The second-order valence-electron chi connectivity index (χ2n) is 5.83. The Balaban J connectivity index is 2.54. The van der Waals surface area contributed by atoms with Gasteiger partial charge >= 0.3 is 0 Å². The van der Waals surface area contributed by atoms with Crippen LogP contribution in [0, 0.1) is 5.41 Å². The second-order valence-corrected chi connectivity index (χ2v) is 5.83. The molecule has 3 nitrogen and oxygen atoms in total. The minimum Gasteiger partial charge on any atom is -0.370 e. The number of benzene rings is 1. The average Bonchev–Trinajstić information content (AvgIpc) is 2.26. The van der Waals surface area contributed by atoms with E-state index in [0.29, 0.717) is 12.0 Å². The molecule has 0 fully saturated rings. The summed E-state index contributed by atoms with van der Waals surface area (Å²) >= 11 is 0. The van der Waals surface area contributed by atoms with Gasteiger partial charge in [0, 0.05) is 12.6 Å². The summed E-state index contributed by atoms with van der Waals surface area (Å²) < 4.78 is 0. The summed E-state index contributed by atoms with van der Waals surface area (Å²) in [7, 11) is 0. The molecule has 0 atom stereocenters. The van der Waals surface area contributed by atoms with Crippen LogP contribution in [-0.2, 0) is 6.42 Å². The van der Waals surface area contributed by atoms with E-state index in [0.717, 1.165) is 13.0 Å². The lowest BCUT2D eigenvalue weighted by Crippen LogP contribution is -2.37. The molecule has 0 amide bonds. The third-order valence-electron chi connectivity index (χ3n) is 2.64. The molecule has 0 bridgehead atoms. The van der Waals surface area contributed by atoms with Crippen LogP contribution in [0.15, 0.2) is 35.3 Å². The first kappa shape index (κ1) is 14.6. The Hall–Kier alpha value is -1.51. The molecular formula is C15H25N3. The summed E-state index contributed by atoms with van der Waals surface area (Å²) in [5, 5.41) is 3.11. The molecule has 100 valence electrons. The van der Waals surface area contributed by atoms with Gasteiger partial charge in [-0.05, 0) is 31.2 Å². The Kier molecular flexibility index (Phi) is 5.20. The maximum Gasteiger partial charge on any atom is 0.188 e. The van der Waals surface area contributed by atoms with Gasteiger partial charge in [-0.3, -0.25) is 4.99 Å². The molecule has 3 heteroatoms. The molecule has 0 aliphatic heterocycles. The fraction of sp³-hybridized carbons (Fsp3) is 0.533. The Labute approximate surface area is 111 Å². The van der Waals surface area contributed by atoms with Crippen molar-refractivity contribution in [3.63, 3.8) is 0 Å². The van der Waals surface area contributed by atoms with E-state index in [1.807, 2.05) is 6.07 Å². The standard InChI is InChI=1S/C15H25N3/c1-12(2)18-14(16)17-11-15(3,4)10-13-8-6-5-7-9-13/h5-9,12H,10-11H2,1-4H3,(H3,16,17,18). The van der Waals surface area contributed by atoms with Crippen molar-refractivity contribution in [3.8, 4) is 0 Å². The van der Waals surface area contributed by atoms with Crippen LogP contribution in [0.2, 0.25) is 0 Å². The van der Waals surface area contributed by atoms with Crippen molar-refractivity contribution in [3.05, 3.63) is 35.9 Å². The van der Waals surface area contributed by atoms with Crippen LogP contribution in [0.3, 0.4) is 0 Å². The quantitative estimate of drug-likeness (QED) is 0.620. The molecule has 1 aromatic carbocycles. The molecular weight excluding hydrogens is 222 g/mol. The van der Waals surface area contributed by atoms with Gasteiger partial charge < -0.3 is 11.1 Å². The SMILES string of the molecule is CC(C)NC(N)=NCC(C)(C)Cc1ccccc1. The molecule has 0 spiro atoms. The van der Waals surface area contributed by atoms with Crippen LogP contribution in [0.5, 0.6) is 0 Å². The van der Waals surface area contributed by atoms with E-state index < -0.39 is 0 Å². The maximum atomic E-state index is 5.81. The van der Waals surface area contributed by atoms with E-state index in [1.165, 1.54) is 5.56 Å². The topological polar surface area (TPSA) is 50.4 Å². The summed E-state index contributed by atoms with van der Waals surface area (Å²) in [6.07, 6.45) is 1.01. The maximum absolute atomic E-state index is 5.81. The van der Waals surface area contributed by atoms with Gasteiger partial charge in [-0.1, -0.05) is 44.2 Å². The van der Waals surface area contributed by atoms with Crippen molar-refractivity contribution in [2.24, 2.45) is 16.1 Å². The number of nitrogens with two attached hydrogens (primary N) is 1. The summed E-state index contributed by atoms with van der Waals surface area (Å²) in [6.45, 7) is 9.26. The van der Waals surface area contributed by atoms with Crippen LogP contribution in [0.1, 0.15) is 33.3 Å². The molecule has 0 unspecified atom stereocenters. The minimum absolute atomic E-state index is 0.116. The van der Waals surface area contributed by atoms with E-state index in [2.05, 4.69) is 62.3 Å². The van der Waals surface area contributed by atoms with Crippen LogP contribution in [-0.4, -0.2) is 18.5 Å². The van der Waals surface area contributed by atoms with Crippen LogP contribution < -0.4 is 11.1 Å². The Morgan fingerprint density at radius 3 is 2.44 bits per heavy atom. The van der Waals surface area contributed by atoms with Crippen LogP contribution in [0.4, 0.5) is 0 Å². The van der Waals surface area contributed by atoms with Gasteiger partial charge in [0.25, 0.3) is 0 Å². The van der Waals surface area contributed by atoms with Gasteiger partial charge in [-0.25, -0.2) is 0 Å². The minimum atomic E-state index is 0.116. The third-order valence-corrected chi connectivity index (χ3v) is 2.64. The van der Waals surface area contributed by atoms with E-state index in [-0.39, 0.29) is 5.41 Å². The first-order valence-corrected chi connectivity index (χ1v) is 6.49. The fourth-order valence-corrected chi connectivity index (χ4v) is 1.84. The number of nitrogens with zero attached hydrogens (tertiary/aromatic N) is 1. The van der Waals surface area contributed by atoms with Crippen LogP contribution >= 0.6 is 0 Å². The molecule has 0 saturated heterocycles. The molecule has 1 rings (SSSR count). The molecule has 0 heterocycles. The van der Waals surface area contributed by atoms with Crippen molar-refractivity contribution < 1.29 is 0 Å². The smallest absolute Gasteiger partial charge is 0.188 e. The summed E-state index contributed by atoms with van der Waals surface area (Å²) in [4.78, 5) is 4.42. The lowest BCUT2D eigenvalue weighted by Gasteiger charge is -2.23. The van der Waals surface area contributed by atoms with Gasteiger partial charge in [-0.15, -0.1) is 0 Å². The van der Waals surface area contributed by atoms with Crippen molar-refractivity contribution in [1.29, 1.82) is 0 Å². The molecule has 3 N–H and O–H groups in total. The van der Waals surface area contributed by atoms with Gasteiger partial charge in [0.05, 0.1) is 0 Å². The number of hydrogen-bond donors (Lipinski definition) is 2. The molecule has 0 saturated carbocycles. The number of rotatable bonds is 5. The fourth-order valence-electron chi connectivity index (χ4n) is 1.84. The first-order valence-electron chi connectivity index (χ1n) is 6.49. The van der Waals surface area contributed by atoms with Crippen molar-refractivity contribution >= 4 is 5.96 Å². The molecule has 0 aromatic heterocycles. The van der Waals surface area contributed by atoms with Crippen molar-refractivity contribution in [2.45, 2.75) is 40.2 Å².